The second kappa shape index (κ2) is 3.86. The molecule has 0 amide bonds. The molecular formula is C7H16O4P2. The lowest BCUT2D eigenvalue weighted by Crippen LogP contribution is -2.06. The number of rotatable bonds is 3. The van der Waals surface area contributed by atoms with E-state index in [0.717, 1.165) is 6.42 Å². The van der Waals surface area contributed by atoms with Crippen LogP contribution in [0.4, 0.5) is 0 Å². The fourth-order valence-electron chi connectivity index (χ4n) is 1.79. The Balaban J connectivity index is 2.94. The lowest BCUT2D eigenvalue weighted by atomic mass is 10.4. The van der Waals surface area contributed by atoms with Gasteiger partial charge in [0.2, 0.25) is 0 Å². The molecule has 0 saturated carbocycles. The van der Waals surface area contributed by atoms with Gasteiger partial charge in [-0.1, -0.05) is 0 Å². The molecule has 0 aromatic heterocycles. The molecule has 0 bridgehead atoms. The van der Waals surface area contributed by atoms with E-state index < -0.39 is 14.7 Å². The highest BCUT2D eigenvalue weighted by Crippen LogP contribution is 2.71. The van der Waals surface area contributed by atoms with Crippen LogP contribution in [0.5, 0.6) is 0 Å². The van der Waals surface area contributed by atoms with Gasteiger partial charge in [0.25, 0.3) is 0 Å². The van der Waals surface area contributed by atoms with Crippen molar-refractivity contribution in [1.29, 1.82) is 0 Å². The van der Waals surface area contributed by atoms with E-state index in [0.29, 0.717) is 12.6 Å². The molecule has 1 fully saturated rings. The average Bonchev–Trinajstić information content (AvgIpc) is 2.44. The fourth-order valence-corrected chi connectivity index (χ4v) is 8.06. The van der Waals surface area contributed by atoms with Crippen molar-refractivity contribution in [3.8, 4) is 0 Å². The predicted molar refractivity (Wildman–Crippen MR) is 53.0 cm³/mol. The minimum absolute atomic E-state index is 0.380. The van der Waals surface area contributed by atoms with E-state index in [1.807, 2.05) is 0 Å². The molecule has 2 unspecified atom stereocenters. The summed E-state index contributed by atoms with van der Waals surface area (Å²) in [5, 5.41) is -0.380. The summed E-state index contributed by atoms with van der Waals surface area (Å²) in [7, 11) is -2.73. The van der Waals surface area contributed by atoms with Crippen molar-refractivity contribution in [2.45, 2.75) is 18.2 Å². The third-order valence-corrected chi connectivity index (χ3v) is 9.61. The second-order valence-electron chi connectivity index (χ2n) is 3.43. The monoisotopic (exact) mass is 226 g/mol. The van der Waals surface area contributed by atoms with Crippen LogP contribution in [-0.2, 0) is 18.2 Å². The normalized spacial score (nSPS) is 35.2. The van der Waals surface area contributed by atoms with Crippen LogP contribution >= 0.6 is 14.7 Å². The molecule has 0 aromatic rings. The van der Waals surface area contributed by atoms with Crippen LogP contribution in [0.25, 0.3) is 0 Å². The van der Waals surface area contributed by atoms with Crippen LogP contribution in [0.2, 0.25) is 0 Å². The van der Waals surface area contributed by atoms with Crippen molar-refractivity contribution in [3.05, 3.63) is 0 Å². The number of hydrogen-bond donors (Lipinski definition) is 0. The Morgan fingerprint density at radius 3 is 2.23 bits per heavy atom. The topological polar surface area (TPSA) is 52.6 Å². The minimum Gasteiger partial charge on any atom is -0.323 e. The Morgan fingerprint density at radius 1 is 1.38 bits per heavy atom. The molecular weight excluding hydrogens is 210 g/mol. The maximum absolute atomic E-state index is 12.0. The lowest BCUT2D eigenvalue weighted by molar-refractivity contribution is 0.272. The Kier molecular flexibility index (Phi) is 3.40. The van der Waals surface area contributed by atoms with E-state index >= 15 is 0 Å². The van der Waals surface area contributed by atoms with Gasteiger partial charge < -0.3 is 13.6 Å². The minimum atomic E-state index is -3.11. The summed E-state index contributed by atoms with van der Waals surface area (Å²) in [6.45, 7) is 1.69. The van der Waals surface area contributed by atoms with Crippen LogP contribution in [-0.4, -0.2) is 32.4 Å². The summed E-state index contributed by atoms with van der Waals surface area (Å²) in [5.41, 5.74) is 0. The molecule has 13 heavy (non-hydrogen) atoms. The number of hydrogen-bond acceptors (Lipinski definition) is 4. The quantitative estimate of drug-likeness (QED) is 0.694. The first-order chi connectivity index (χ1) is 5.96. The summed E-state index contributed by atoms with van der Waals surface area (Å²) < 4.78 is 33.7. The first kappa shape index (κ1) is 11.5. The molecule has 0 N–H and O–H groups in total. The zero-order valence-electron chi connectivity index (χ0n) is 8.23. The average molecular weight is 226 g/mol. The summed E-state index contributed by atoms with van der Waals surface area (Å²) in [5.74, 6) is 0. The first-order valence-corrected chi connectivity index (χ1v) is 8.26. The fraction of sp³-hybridized carbons (Fsp3) is 1.00. The summed E-state index contributed by atoms with van der Waals surface area (Å²) >= 11 is 0. The standard InChI is InChI=1S/C7H16O4P2/c1-10-13(9,11-2)7-5-4-6-12(7,3)8/h7H,4-6H2,1-3H3. The third-order valence-electron chi connectivity index (χ3n) is 2.57. The van der Waals surface area contributed by atoms with Crippen molar-refractivity contribution in [2.24, 2.45) is 0 Å². The van der Waals surface area contributed by atoms with Gasteiger partial charge in [-0.15, -0.1) is 0 Å². The van der Waals surface area contributed by atoms with Crippen LogP contribution in [0.1, 0.15) is 12.8 Å². The maximum Gasteiger partial charge on any atom is 0.340 e. The van der Waals surface area contributed by atoms with Crippen LogP contribution in [0.3, 0.4) is 0 Å². The van der Waals surface area contributed by atoms with Gasteiger partial charge in [-0.3, -0.25) is 4.57 Å². The highest BCUT2D eigenvalue weighted by Gasteiger charge is 2.47. The molecule has 0 aromatic carbocycles. The van der Waals surface area contributed by atoms with Crippen molar-refractivity contribution in [2.75, 3.05) is 27.0 Å². The van der Waals surface area contributed by atoms with Gasteiger partial charge in [-0.05, 0) is 19.5 Å². The van der Waals surface area contributed by atoms with Gasteiger partial charge in [0, 0.05) is 20.4 Å². The zero-order chi connectivity index (χ0) is 10.1. The molecule has 4 nitrogen and oxygen atoms in total. The smallest absolute Gasteiger partial charge is 0.323 e. The molecule has 1 aliphatic heterocycles. The van der Waals surface area contributed by atoms with E-state index in [1.54, 1.807) is 6.66 Å². The summed E-state index contributed by atoms with van der Waals surface area (Å²) in [6.07, 6.45) is 2.20. The van der Waals surface area contributed by atoms with Crippen molar-refractivity contribution in [3.63, 3.8) is 0 Å². The highest BCUT2D eigenvalue weighted by atomic mass is 31.2. The molecule has 6 heteroatoms. The Labute approximate surface area is 78.9 Å². The Morgan fingerprint density at radius 2 is 1.92 bits per heavy atom. The Bertz CT molecular complexity index is 268. The van der Waals surface area contributed by atoms with Gasteiger partial charge in [0.1, 0.15) is 5.40 Å². The van der Waals surface area contributed by atoms with E-state index in [1.165, 1.54) is 14.2 Å². The van der Waals surface area contributed by atoms with Gasteiger partial charge in [-0.25, -0.2) is 0 Å². The third kappa shape index (κ3) is 2.07. The molecule has 1 heterocycles. The van der Waals surface area contributed by atoms with Gasteiger partial charge in [0.05, 0.1) is 7.14 Å². The van der Waals surface area contributed by atoms with E-state index in [9.17, 15) is 9.13 Å². The second-order valence-corrected chi connectivity index (χ2v) is 9.68. The SMILES string of the molecule is COP(=O)(OC)C1CCCP1(C)=O. The van der Waals surface area contributed by atoms with E-state index in [4.69, 9.17) is 9.05 Å². The van der Waals surface area contributed by atoms with Crippen molar-refractivity contribution >= 4 is 14.7 Å². The van der Waals surface area contributed by atoms with Gasteiger partial charge >= 0.3 is 7.60 Å². The first-order valence-electron chi connectivity index (χ1n) is 4.23. The van der Waals surface area contributed by atoms with Crippen molar-refractivity contribution < 1.29 is 18.2 Å². The Hall–Kier alpha value is 0.380. The molecule has 1 rings (SSSR count). The van der Waals surface area contributed by atoms with Gasteiger partial charge in [-0.2, -0.15) is 0 Å². The molecule has 1 saturated heterocycles. The maximum atomic E-state index is 12.0. The lowest BCUT2D eigenvalue weighted by Gasteiger charge is -2.23. The molecule has 1 aliphatic rings. The highest BCUT2D eigenvalue weighted by molar-refractivity contribution is 7.77. The van der Waals surface area contributed by atoms with Crippen molar-refractivity contribution in [1.82, 2.24) is 0 Å². The van der Waals surface area contributed by atoms with Gasteiger partial charge in [0.15, 0.2) is 0 Å². The molecule has 0 radical (unpaired) electrons. The van der Waals surface area contributed by atoms with Crippen LogP contribution in [0, 0.1) is 0 Å². The summed E-state index contributed by atoms with van der Waals surface area (Å²) in [6, 6.07) is 0. The molecule has 2 atom stereocenters. The zero-order valence-corrected chi connectivity index (χ0v) is 10.0. The largest absolute Gasteiger partial charge is 0.340 e. The predicted octanol–water partition coefficient (Wildman–Crippen LogP) is 2.59. The van der Waals surface area contributed by atoms with Crippen LogP contribution in [0.15, 0.2) is 0 Å². The molecule has 78 valence electrons. The van der Waals surface area contributed by atoms with Crippen LogP contribution < -0.4 is 0 Å². The van der Waals surface area contributed by atoms with E-state index in [2.05, 4.69) is 0 Å². The molecule has 0 spiro atoms. The van der Waals surface area contributed by atoms with E-state index in [-0.39, 0.29) is 5.40 Å². The summed E-state index contributed by atoms with van der Waals surface area (Å²) in [4.78, 5) is 0. The molecule has 0 aliphatic carbocycles.